The SMILES string of the molecule is COc1cc([C@@H]2c3sc(=O)[nH]c3S[C@@H]3C(=O)N(c4ccc([N+](=O)[O-])cc4)C(=O)[C@@H]23)ccc1OCc1cccc(Cl)c1. The molecule has 0 unspecified atom stereocenters. The highest BCUT2D eigenvalue weighted by molar-refractivity contribution is 8.00. The molecular formula is C28H20ClN3O7S2. The number of nitro benzene ring substituents is 1. The number of nitrogens with one attached hydrogen (secondary N) is 1. The zero-order chi connectivity index (χ0) is 28.8. The first-order chi connectivity index (χ1) is 19.7. The Morgan fingerprint density at radius 3 is 2.51 bits per heavy atom. The Morgan fingerprint density at radius 2 is 1.80 bits per heavy atom. The van der Waals surface area contributed by atoms with E-state index in [9.17, 15) is 24.5 Å². The Kier molecular flexibility index (Phi) is 7.06. The van der Waals surface area contributed by atoms with Gasteiger partial charge in [-0.15, -0.1) is 0 Å². The van der Waals surface area contributed by atoms with Crippen LogP contribution in [0.2, 0.25) is 5.02 Å². The van der Waals surface area contributed by atoms with E-state index in [4.69, 9.17) is 21.1 Å². The molecule has 10 nitrogen and oxygen atoms in total. The number of thiazole rings is 1. The summed E-state index contributed by atoms with van der Waals surface area (Å²) in [6.07, 6.45) is 0. The zero-order valence-corrected chi connectivity index (χ0v) is 23.6. The number of rotatable bonds is 7. The molecule has 13 heteroatoms. The molecule has 2 amide bonds. The number of H-pyrrole nitrogens is 1. The fraction of sp³-hybridized carbons (Fsp3) is 0.179. The lowest BCUT2D eigenvalue weighted by atomic mass is 9.83. The number of nitrogens with zero attached hydrogens (tertiary/aromatic N) is 2. The number of imide groups is 1. The van der Waals surface area contributed by atoms with E-state index >= 15 is 0 Å². The van der Waals surface area contributed by atoms with Crippen molar-refractivity contribution in [2.45, 2.75) is 22.8 Å². The topological polar surface area (TPSA) is 132 Å². The summed E-state index contributed by atoms with van der Waals surface area (Å²) in [7, 11) is 1.51. The van der Waals surface area contributed by atoms with Crippen molar-refractivity contribution in [1.82, 2.24) is 4.98 Å². The van der Waals surface area contributed by atoms with Gasteiger partial charge in [-0.25, -0.2) is 4.90 Å². The second kappa shape index (κ2) is 10.7. The number of ether oxygens (including phenoxy) is 2. The third-order valence-corrected chi connectivity index (χ3v) is 9.61. The molecule has 3 heterocycles. The molecule has 208 valence electrons. The summed E-state index contributed by atoms with van der Waals surface area (Å²) in [5, 5.41) is 11.4. The summed E-state index contributed by atoms with van der Waals surface area (Å²) >= 11 is 8.24. The highest BCUT2D eigenvalue weighted by Gasteiger charge is 2.56. The van der Waals surface area contributed by atoms with E-state index in [1.807, 2.05) is 12.1 Å². The van der Waals surface area contributed by atoms with E-state index in [0.29, 0.717) is 32.0 Å². The lowest BCUT2D eigenvalue weighted by molar-refractivity contribution is -0.384. The molecule has 3 atom stereocenters. The van der Waals surface area contributed by atoms with Crippen LogP contribution >= 0.6 is 34.7 Å². The number of non-ortho nitro benzene ring substituents is 1. The number of carbonyl (C=O) groups is 2. The van der Waals surface area contributed by atoms with Gasteiger partial charge in [-0.3, -0.25) is 24.5 Å². The van der Waals surface area contributed by atoms with E-state index in [-0.39, 0.29) is 22.9 Å². The van der Waals surface area contributed by atoms with Crippen molar-refractivity contribution in [2.75, 3.05) is 12.0 Å². The number of halogens is 1. The number of carbonyl (C=O) groups excluding carboxylic acids is 2. The molecule has 1 N–H and O–H groups in total. The molecule has 4 aromatic rings. The Hall–Kier alpha value is -4.13. The van der Waals surface area contributed by atoms with Crippen molar-refractivity contribution in [3.63, 3.8) is 0 Å². The molecular weight excluding hydrogens is 590 g/mol. The number of nitro groups is 1. The van der Waals surface area contributed by atoms with Crippen LogP contribution in [-0.4, -0.2) is 34.1 Å². The number of aromatic amines is 1. The molecule has 1 fully saturated rings. The van der Waals surface area contributed by atoms with Gasteiger partial charge < -0.3 is 14.5 Å². The van der Waals surface area contributed by atoms with E-state index in [1.165, 1.54) is 31.4 Å². The van der Waals surface area contributed by atoms with Crippen LogP contribution in [0.3, 0.4) is 0 Å². The minimum absolute atomic E-state index is 0.151. The summed E-state index contributed by atoms with van der Waals surface area (Å²) < 4.78 is 11.6. The molecule has 0 radical (unpaired) electrons. The van der Waals surface area contributed by atoms with Crippen molar-refractivity contribution in [1.29, 1.82) is 0 Å². The second-order valence-corrected chi connectivity index (χ2v) is 12.0. The summed E-state index contributed by atoms with van der Waals surface area (Å²) in [6.45, 7) is 0.252. The molecule has 0 bridgehead atoms. The second-order valence-electron chi connectivity index (χ2n) is 9.36. The van der Waals surface area contributed by atoms with E-state index < -0.39 is 33.8 Å². The minimum atomic E-state index is -0.815. The molecule has 0 aliphatic carbocycles. The van der Waals surface area contributed by atoms with Crippen LogP contribution < -0.4 is 19.2 Å². The van der Waals surface area contributed by atoms with Gasteiger partial charge in [-0.1, -0.05) is 52.9 Å². The van der Waals surface area contributed by atoms with E-state index in [0.717, 1.165) is 33.6 Å². The van der Waals surface area contributed by atoms with Crippen LogP contribution in [0.15, 0.2) is 76.6 Å². The number of aromatic nitrogens is 1. The van der Waals surface area contributed by atoms with Crippen LogP contribution in [0.25, 0.3) is 0 Å². The number of hydrogen-bond donors (Lipinski definition) is 1. The molecule has 1 saturated heterocycles. The van der Waals surface area contributed by atoms with Gasteiger partial charge in [0.15, 0.2) is 11.5 Å². The first-order valence-electron chi connectivity index (χ1n) is 12.3. The maximum atomic E-state index is 13.9. The van der Waals surface area contributed by atoms with Crippen LogP contribution in [0.5, 0.6) is 11.5 Å². The van der Waals surface area contributed by atoms with Gasteiger partial charge in [0.25, 0.3) is 5.69 Å². The van der Waals surface area contributed by atoms with Crippen molar-refractivity contribution < 1.29 is 24.0 Å². The van der Waals surface area contributed by atoms with Crippen molar-refractivity contribution in [3.8, 4) is 11.5 Å². The quantitative estimate of drug-likeness (QED) is 0.168. The highest BCUT2D eigenvalue weighted by Crippen LogP contribution is 2.53. The van der Waals surface area contributed by atoms with Gasteiger partial charge in [0, 0.05) is 28.0 Å². The number of thioether (sulfide) groups is 1. The van der Waals surface area contributed by atoms with Crippen LogP contribution in [-0.2, 0) is 16.2 Å². The average Bonchev–Trinajstić information content (AvgIpc) is 3.46. The fourth-order valence-electron chi connectivity index (χ4n) is 5.14. The molecule has 2 aliphatic heterocycles. The van der Waals surface area contributed by atoms with Crippen LogP contribution in [0, 0.1) is 16.0 Å². The molecule has 3 aromatic carbocycles. The van der Waals surface area contributed by atoms with Gasteiger partial charge in [0.1, 0.15) is 11.9 Å². The van der Waals surface area contributed by atoms with E-state index in [2.05, 4.69) is 4.98 Å². The summed E-state index contributed by atoms with van der Waals surface area (Å²) in [5.41, 5.74) is 1.65. The van der Waals surface area contributed by atoms with Crippen LogP contribution in [0.1, 0.15) is 21.9 Å². The fourth-order valence-corrected chi connectivity index (χ4v) is 7.87. The van der Waals surface area contributed by atoms with Gasteiger partial charge in [0.2, 0.25) is 11.8 Å². The lowest BCUT2D eigenvalue weighted by Gasteiger charge is -2.30. The number of anilines is 1. The number of hydrogen-bond acceptors (Lipinski definition) is 9. The highest BCUT2D eigenvalue weighted by atomic mass is 35.5. The summed E-state index contributed by atoms with van der Waals surface area (Å²) in [4.78, 5) is 54.6. The Morgan fingerprint density at radius 1 is 1.02 bits per heavy atom. The molecule has 2 aliphatic rings. The lowest BCUT2D eigenvalue weighted by Crippen LogP contribution is -2.32. The van der Waals surface area contributed by atoms with Gasteiger partial charge in [-0.05, 0) is 47.5 Å². The third-order valence-electron chi connectivity index (χ3n) is 6.97. The molecule has 6 rings (SSSR count). The largest absolute Gasteiger partial charge is 0.493 e. The molecule has 1 aromatic heterocycles. The summed E-state index contributed by atoms with van der Waals surface area (Å²) in [5.74, 6) is -1.43. The number of methoxy groups -OCH3 is 1. The van der Waals surface area contributed by atoms with Gasteiger partial charge >= 0.3 is 4.87 Å². The smallest absolute Gasteiger partial charge is 0.305 e. The standard InChI is InChI=1S/C28H20ClN3O7S2/c1-38-20-12-15(5-10-19(20)39-13-14-3-2-4-16(29)11-14)21-22-24(40-25-23(21)41-28(35)30-25)27(34)31(26(22)33)17-6-8-18(9-7-17)32(36)37/h2-12,21-22,24H,13H2,1H3,(H,30,35)/t21-,22-,24-/m0/s1. The summed E-state index contributed by atoms with van der Waals surface area (Å²) in [6, 6.07) is 17.9. The predicted molar refractivity (Wildman–Crippen MR) is 154 cm³/mol. The maximum Gasteiger partial charge on any atom is 0.305 e. The normalized spacial score (nSPS) is 19.6. The molecule has 41 heavy (non-hydrogen) atoms. The first-order valence-corrected chi connectivity index (χ1v) is 14.4. The Balaban J connectivity index is 1.36. The Labute approximate surface area is 246 Å². The van der Waals surface area contributed by atoms with Crippen molar-refractivity contribution in [2.24, 2.45) is 5.92 Å². The number of amides is 2. The first kappa shape index (κ1) is 27.1. The van der Waals surface area contributed by atoms with Crippen molar-refractivity contribution >= 4 is 57.9 Å². The number of fused-ring (bicyclic) bond motifs is 2. The monoisotopic (exact) mass is 609 g/mol. The molecule has 0 saturated carbocycles. The molecule has 0 spiro atoms. The number of benzene rings is 3. The third kappa shape index (κ3) is 4.88. The zero-order valence-electron chi connectivity index (χ0n) is 21.2. The average molecular weight is 610 g/mol. The van der Waals surface area contributed by atoms with Gasteiger partial charge in [0.05, 0.1) is 28.7 Å². The minimum Gasteiger partial charge on any atom is -0.493 e. The van der Waals surface area contributed by atoms with E-state index in [1.54, 1.807) is 30.3 Å². The maximum absolute atomic E-state index is 13.9. The van der Waals surface area contributed by atoms with Crippen LogP contribution in [0.4, 0.5) is 11.4 Å². The van der Waals surface area contributed by atoms with Gasteiger partial charge in [-0.2, -0.15) is 0 Å². The predicted octanol–water partition coefficient (Wildman–Crippen LogP) is 5.38. The Bertz CT molecular complexity index is 1750. The van der Waals surface area contributed by atoms with Crippen molar-refractivity contribution in [3.05, 3.63) is 108 Å².